The maximum atomic E-state index is 10.5. The van der Waals surface area contributed by atoms with Crippen molar-refractivity contribution in [3.05, 3.63) is 137 Å². The van der Waals surface area contributed by atoms with Crippen molar-refractivity contribution < 1.29 is 94.7 Å². The van der Waals surface area contributed by atoms with Crippen LogP contribution >= 0.6 is 7.82 Å². The minimum Gasteiger partial charge on any atom is -0.491 e. The number of hydrogen-bond donors (Lipinski definition) is 2. The van der Waals surface area contributed by atoms with Crippen molar-refractivity contribution in [1.82, 2.24) is 0 Å². The van der Waals surface area contributed by atoms with Gasteiger partial charge in [0, 0.05) is 5.56 Å². The fourth-order valence-corrected chi connectivity index (χ4v) is 7.42. The summed E-state index contributed by atoms with van der Waals surface area (Å²) in [4.78, 5) is 17.1. The molecule has 4 rings (SSSR count). The van der Waals surface area contributed by atoms with E-state index in [1.54, 1.807) is 0 Å². The molecule has 4 aromatic rings. The highest BCUT2D eigenvalue weighted by atomic mass is 31.2. The summed E-state index contributed by atoms with van der Waals surface area (Å²) in [5, 5.41) is 0. The Hall–Kier alpha value is -4.59. The first-order valence-electron chi connectivity index (χ1n) is 28.3. The van der Waals surface area contributed by atoms with Crippen molar-refractivity contribution in [2.75, 3.05) is 211 Å². The summed E-state index contributed by atoms with van der Waals surface area (Å²) >= 11 is 0. The van der Waals surface area contributed by atoms with Gasteiger partial charge >= 0.3 is 7.82 Å². The molecule has 0 aromatic heterocycles. The maximum Gasteiger partial charge on any atom is 0.469 e. The van der Waals surface area contributed by atoms with Gasteiger partial charge in [-0.1, -0.05) is 134 Å². The van der Waals surface area contributed by atoms with Crippen molar-refractivity contribution >= 4 is 44.3 Å². The number of ether oxygens (including phenoxy) is 16. The van der Waals surface area contributed by atoms with Crippen molar-refractivity contribution in [3.63, 3.8) is 0 Å². The van der Waals surface area contributed by atoms with Crippen LogP contribution in [0.4, 0.5) is 0 Å². The normalized spacial score (nSPS) is 12.0. The van der Waals surface area contributed by atoms with E-state index in [9.17, 15) is 4.57 Å². The molecule has 21 heteroatoms. The summed E-state index contributed by atoms with van der Waals surface area (Å²) < 4.78 is 104. The van der Waals surface area contributed by atoms with Gasteiger partial charge in [-0.3, -0.25) is 4.52 Å². The third kappa shape index (κ3) is 40.4. The molecule has 0 radical (unpaired) electrons. The Morgan fingerprint density at radius 1 is 0.265 bits per heavy atom. The number of benzene rings is 4. The molecule has 0 amide bonds. The van der Waals surface area contributed by atoms with E-state index in [0.717, 1.165) is 39.1 Å². The minimum atomic E-state index is -4.45. The van der Waals surface area contributed by atoms with Gasteiger partial charge in [-0.15, -0.1) is 0 Å². The summed E-state index contributed by atoms with van der Waals surface area (Å²) in [6.45, 7) is 13.3. The van der Waals surface area contributed by atoms with Gasteiger partial charge in [0.15, 0.2) is 0 Å². The second kappa shape index (κ2) is 50.7. The molecule has 0 aliphatic carbocycles. The number of phosphoric acid groups is 1. The number of hydrogen-bond acceptors (Lipinski definition) is 18. The van der Waals surface area contributed by atoms with E-state index < -0.39 is 7.82 Å². The topological polar surface area (TPSA) is 214 Å². The summed E-state index contributed by atoms with van der Waals surface area (Å²) in [5.74, 6) is 0.776. The van der Waals surface area contributed by atoms with Crippen LogP contribution in [0.5, 0.6) is 5.75 Å². The first kappa shape index (κ1) is 70.9. The van der Waals surface area contributed by atoms with Crippen LogP contribution in [-0.2, 0) is 80.1 Å². The van der Waals surface area contributed by atoms with E-state index >= 15 is 0 Å². The Labute approximate surface area is 490 Å². The van der Waals surface area contributed by atoms with Crippen LogP contribution in [0, 0.1) is 0 Å². The Kier molecular flexibility index (Phi) is 43.3. The first-order chi connectivity index (χ1) is 41.0. The second-order valence-electron chi connectivity index (χ2n) is 17.6. The maximum absolute atomic E-state index is 10.5. The molecule has 20 nitrogen and oxygen atoms in total. The summed E-state index contributed by atoms with van der Waals surface area (Å²) in [6, 6.07) is 35.0. The molecule has 0 spiro atoms. The van der Waals surface area contributed by atoms with Crippen LogP contribution in [0.25, 0.3) is 36.5 Å². The van der Waals surface area contributed by atoms with Crippen LogP contribution in [0.1, 0.15) is 33.4 Å². The Morgan fingerprint density at radius 3 is 0.783 bits per heavy atom. The fourth-order valence-electron chi connectivity index (χ4n) is 7.11. The number of phosphoric ester groups is 1. The van der Waals surface area contributed by atoms with E-state index in [-0.39, 0.29) is 19.8 Å². The average molecular weight is 1190 g/mol. The van der Waals surface area contributed by atoms with Crippen LogP contribution in [0.3, 0.4) is 0 Å². The molecule has 0 saturated carbocycles. The predicted octanol–water partition coefficient (Wildman–Crippen LogP) is 7.93. The molecule has 4 aromatic carbocycles. The molecule has 0 bridgehead atoms. The van der Waals surface area contributed by atoms with Gasteiger partial charge in [0.25, 0.3) is 0 Å². The highest BCUT2D eigenvalue weighted by Gasteiger charge is 2.13. The molecule has 2 N–H and O–H groups in total. The van der Waals surface area contributed by atoms with Gasteiger partial charge in [-0.05, 0) is 33.9 Å². The van der Waals surface area contributed by atoms with Gasteiger partial charge in [0.1, 0.15) is 12.4 Å². The SMILES string of the molecule is O=P(O)(O)OCCOCCOCCOCCOCCOCCOCCOCCOCCOCCOCCOCCOCCOCCOCCOCCOc1ccc(C=Cc2ccccc2)c(C=Cc2ccccc2)c1C=Cc1ccccc1. The predicted molar refractivity (Wildman–Crippen MR) is 318 cm³/mol. The second-order valence-corrected chi connectivity index (χ2v) is 18.8. The lowest BCUT2D eigenvalue weighted by atomic mass is 9.96. The molecule has 0 unspecified atom stereocenters. The largest absolute Gasteiger partial charge is 0.491 e. The summed E-state index contributed by atoms with van der Waals surface area (Å²) in [7, 11) is -4.45. The zero-order chi connectivity index (χ0) is 58.5. The minimum absolute atomic E-state index is 0.0696. The van der Waals surface area contributed by atoms with Crippen LogP contribution < -0.4 is 4.74 Å². The summed E-state index contributed by atoms with van der Waals surface area (Å²) in [5.41, 5.74) is 6.46. The van der Waals surface area contributed by atoms with Gasteiger partial charge in [-0.2, -0.15) is 0 Å². The first-order valence-corrected chi connectivity index (χ1v) is 29.9. The molecule has 0 fully saturated rings. The quantitative estimate of drug-likeness (QED) is 0.0244. The molecule has 0 atom stereocenters. The van der Waals surface area contributed by atoms with Gasteiger partial charge in [0.05, 0.1) is 205 Å². The standard InChI is InChI=1S/C62H89O20P/c63-83(64,65)82-55-53-80-51-49-78-47-45-76-43-41-74-39-37-72-35-33-70-31-29-68-27-25-66-24-26-67-28-30-69-32-34-71-36-38-73-40-42-75-44-46-77-48-50-79-52-54-81-62-23-20-59(19-16-56-10-4-1-5-11-56)60(21-17-57-12-6-2-7-13-57)61(62)22-18-58-14-8-3-9-15-58/h1-23H,24-55H2,(H2,63,64,65). The lowest BCUT2D eigenvalue weighted by Gasteiger charge is -2.15. The van der Waals surface area contributed by atoms with Crippen LogP contribution in [0.2, 0.25) is 0 Å². The van der Waals surface area contributed by atoms with Crippen LogP contribution in [0.15, 0.2) is 103 Å². The molecule has 0 aliphatic rings. The van der Waals surface area contributed by atoms with E-state index in [1.165, 1.54) is 0 Å². The highest BCUT2D eigenvalue weighted by molar-refractivity contribution is 7.46. The van der Waals surface area contributed by atoms with Crippen molar-refractivity contribution in [1.29, 1.82) is 0 Å². The van der Waals surface area contributed by atoms with Gasteiger partial charge in [0.2, 0.25) is 0 Å². The van der Waals surface area contributed by atoms with E-state index in [4.69, 9.17) is 85.6 Å². The van der Waals surface area contributed by atoms with Gasteiger partial charge in [-0.25, -0.2) is 4.57 Å². The third-order valence-corrected chi connectivity index (χ3v) is 11.7. The van der Waals surface area contributed by atoms with Crippen molar-refractivity contribution in [2.24, 2.45) is 0 Å². The molecule has 83 heavy (non-hydrogen) atoms. The Bertz CT molecular complexity index is 2250. The summed E-state index contributed by atoms with van der Waals surface area (Å²) in [6.07, 6.45) is 12.8. The zero-order valence-corrected chi connectivity index (χ0v) is 49.0. The lowest BCUT2D eigenvalue weighted by molar-refractivity contribution is -0.0302. The fraction of sp³-hybridized carbons (Fsp3) is 0.516. The van der Waals surface area contributed by atoms with Crippen molar-refractivity contribution in [2.45, 2.75) is 0 Å². The molecule has 462 valence electrons. The molecule has 0 saturated heterocycles. The molecular formula is C62H89O20P. The molecular weight excluding hydrogens is 1100 g/mol. The van der Waals surface area contributed by atoms with E-state index in [1.807, 2.05) is 60.7 Å². The average Bonchev–Trinajstić information content (AvgIpc) is 3.70. The molecule has 0 aliphatic heterocycles. The van der Waals surface area contributed by atoms with E-state index in [2.05, 4.69) is 83.4 Å². The molecule has 0 heterocycles. The smallest absolute Gasteiger partial charge is 0.469 e. The van der Waals surface area contributed by atoms with E-state index in [0.29, 0.717) is 192 Å². The third-order valence-electron chi connectivity index (χ3n) is 11.2. The Morgan fingerprint density at radius 2 is 0.506 bits per heavy atom. The Balaban J connectivity index is 0.854. The number of rotatable bonds is 56. The van der Waals surface area contributed by atoms with Gasteiger partial charge < -0.3 is 85.6 Å². The lowest BCUT2D eigenvalue weighted by Crippen LogP contribution is -2.16. The zero-order valence-electron chi connectivity index (χ0n) is 48.1. The van der Waals surface area contributed by atoms with Crippen molar-refractivity contribution in [3.8, 4) is 5.75 Å². The monoisotopic (exact) mass is 1180 g/mol. The highest BCUT2D eigenvalue weighted by Crippen LogP contribution is 2.35. The van der Waals surface area contributed by atoms with Crippen LogP contribution in [-0.4, -0.2) is 221 Å².